The molecule has 0 saturated heterocycles. The third kappa shape index (κ3) is 2.14. The lowest BCUT2D eigenvalue weighted by Crippen LogP contribution is -2.40. The van der Waals surface area contributed by atoms with Crippen LogP contribution in [0.15, 0.2) is 24.3 Å². The van der Waals surface area contributed by atoms with E-state index in [1.54, 1.807) is 0 Å². The molecule has 0 aliphatic rings. The normalized spacial score (nSPS) is 15.1. The summed E-state index contributed by atoms with van der Waals surface area (Å²) < 4.78 is 0. The van der Waals surface area contributed by atoms with Crippen LogP contribution in [0.25, 0.3) is 0 Å². The molecular formula is C12H19NO. The fourth-order valence-corrected chi connectivity index (χ4v) is 1.42. The zero-order valence-electron chi connectivity index (χ0n) is 9.17. The van der Waals surface area contributed by atoms with Gasteiger partial charge >= 0.3 is 0 Å². The van der Waals surface area contributed by atoms with Crippen molar-refractivity contribution >= 4 is 0 Å². The minimum Gasteiger partial charge on any atom is -0.394 e. The zero-order chi connectivity index (χ0) is 10.6. The van der Waals surface area contributed by atoms with Gasteiger partial charge in [0.15, 0.2) is 0 Å². The molecule has 1 atom stereocenters. The first kappa shape index (κ1) is 11.2. The van der Waals surface area contributed by atoms with Gasteiger partial charge < -0.3 is 10.4 Å². The number of aryl methyl sites for hydroxylation is 1. The maximum Gasteiger partial charge on any atom is 0.0652 e. The van der Waals surface area contributed by atoms with Gasteiger partial charge in [-0.1, -0.05) is 31.2 Å². The number of aliphatic hydroxyl groups is 1. The molecule has 0 spiro atoms. The summed E-state index contributed by atoms with van der Waals surface area (Å²) in [6, 6.07) is 8.37. The predicted octanol–water partition coefficient (Wildman–Crippen LogP) is 1.68. The lowest BCUT2D eigenvalue weighted by atomic mass is 9.92. The average molecular weight is 193 g/mol. The Morgan fingerprint density at radius 1 is 1.29 bits per heavy atom. The van der Waals surface area contributed by atoms with Gasteiger partial charge in [0.2, 0.25) is 0 Å². The van der Waals surface area contributed by atoms with Crippen LogP contribution in [0.1, 0.15) is 25.0 Å². The molecule has 14 heavy (non-hydrogen) atoms. The summed E-state index contributed by atoms with van der Waals surface area (Å²) in [5.74, 6) is 0. The molecule has 2 N–H and O–H groups in total. The fourth-order valence-electron chi connectivity index (χ4n) is 1.42. The Morgan fingerprint density at radius 3 is 2.21 bits per heavy atom. The number of nitrogens with one attached hydrogen (secondary N) is 1. The molecule has 0 fully saturated rings. The van der Waals surface area contributed by atoms with Crippen molar-refractivity contribution in [3.63, 3.8) is 0 Å². The summed E-state index contributed by atoms with van der Waals surface area (Å²) >= 11 is 0. The Hall–Kier alpha value is -0.860. The van der Waals surface area contributed by atoms with Crippen molar-refractivity contribution < 1.29 is 5.11 Å². The van der Waals surface area contributed by atoms with Crippen LogP contribution in [0.2, 0.25) is 0 Å². The van der Waals surface area contributed by atoms with Gasteiger partial charge in [-0.3, -0.25) is 0 Å². The molecule has 0 saturated carbocycles. The van der Waals surface area contributed by atoms with E-state index in [1.807, 2.05) is 14.0 Å². The first-order chi connectivity index (χ1) is 6.66. The van der Waals surface area contributed by atoms with Crippen LogP contribution < -0.4 is 5.32 Å². The predicted molar refractivity (Wildman–Crippen MR) is 59.3 cm³/mol. The summed E-state index contributed by atoms with van der Waals surface area (Å²) in [6.45, 7) is 4.24. The second-order valence-electron chi connectivity index (χ2n) is 3.79. The lowest BCUT2D eigenvalue weighted by Gasteiger charge is -2.27. The van der Waals surface area contributed by atoms with Crippen molar-refractivity contribution in [1.29, 1.82) is 0 Å². The number of benzene rings is 1. The lowest BCUT2D eigenvalue weighted by molar-refractivity contribution is 0.183. The van der Waals surface area contributed by atoms with Crippen LogP contribution in [0.4, 0.5) is 0 Å². The molecule has 0 aromatic heterocycles. The van der Waals surface area contributed by atoms with Gasteiger partial charge in [-0.2, -0.15) is 0 Å². The maximum atomic E-state index is 9.30. The molecule has 0 amide bonds. The second kappa shape index (κ2) is 4.58. The molecule has 1 unspecified atom stereocenters. The Kier molecular flexibility index (Phi) is 3.67. The van der Waals surface area contributed by atoms with Gasteiger partial charge in [0, 0.05) is 0 Å². The van der Waals surface area contributed by atoms with Gasteiger partial charge in [-0.15, -0.1) is 0 Å². The number of hydrogen-bond acceptors (Lipinski definition) is 2. The largest absolute Gasteiger partial charge is 0.394 e. The summed E-state index contributed by atoms with van der Waals surface area (Å²) in [4.78, 5) is 0. The summed E-state index contributed by atoms with van der Waals surface area (Å²) in [6.07, 6.45) is 1.05. The van der Waals surface area contributed by atoms with E-state index in [9.17, 15) is 5.11 Å². The minimum absolute atomic E-state index is 0.106. The summed E-state index contributed by atoms with van der Waals surface area (Å²) in [5.41, 5.74) is 2.12. The Morgan fingerprint density at radius 2 is 1.86 bits per heavy atom. The molecule has 0 radical (unpaired) electrons. The van der Waals surface area contributed by atoms with Crippen LogP contribution in [0, 0.1) is 0 Å². The molecule has 0 bridgehead atoms. The van der Waals surface area contributed by atoms with Gasteiger partial charge in [0.1, 0.15) is 0 Å². The van der Waals surface area contributed by atoms with E-state index in [0.717, 1.165) is 12.0 Å². The van der Waals surface area contributed by atoms with E-state index < -0.39 is 0 Å². The van der Waals surface area contributed by atoms with Crippen LogP contribution in [0.5, 0.6) is 0 Å². The monoisotopic (exact) mass is 193 g/mol. The highest BCUT2D eigenvalue weighted by Gasteiger charge is 2.22. The Balaban J connectivity index is 2.95. The quantitative estimate of drug-likeness (QED) is 0.762. The average Bonchev–Trinajstić information content (AvgIpc) is 2.28. The van der Waals surface area contributed by atoms with Crippen LogP contribution in [0.3, 0.4) is 0 Å². The van der Waals surface area contributed by atoms with Crippen molar-refractivity contribution in [1.82, 2.24) is 5.32 Å². The third-order valence-electron chi connectivity index (χ3n) is 2.87. The van der Waals surface area contributed by atoms with Gasteiger partial charge in [-0.05, 0) is 31.5 Å². The molecule has 1 aromatic carbocycles. The topological polar surface area (TPSA) is 32.3 Å². The zero-order valence-corrected chi connectivity index (χ0v) is 9.17. The second-order valence-corrected chi connectivity index (χ2v) is 3.79. The smallest absolute Gasteiger partial charge is 0.0652 e. The van der Waals surface area contributed by atoms with E-state index in [4.69, 9.17) is 0 Å². The third-order valence-corrected chi connectivity index (χ3v) is 2.87. The number of rotatable bonds is 4. The first-order valence-corrected chi connectivity index (χ1v) is 5.05. The van der Waals surface area contributed by atoms with Crippen molar-refractivity contribution in [2.75, 3.05) is 13.7 Å². The van der Waals surface area contributed by atoms with E-state index >= 15 is 0 Å². The van der Waals surface area contributed by atoms with Crippen molar-refractivity contribution in [2.45, 2.75) is 25.8 Å². The van der Waals surface area contributed by atoms with Crippen LogP contribution in [-0.2, 0) is 12.0 Å². The molecule has 2 heteroatoms. The molecule has 1 aromatic rings. The molecule has 0 heterocycles. The number of likely N-dealkylation sites (N-methyl/N-ethyl adjacent to an activating group) is 1. The highest BCUT2D eigenvalue weighted by atomic mass is 16.3. The maximum absolute atomic E-state index is 9.30. The Bertz CT molecular complexity index is 275. The fraction of sp³-hybridized carbons (Fsp3) is 0.500. The minimum atomic E-state index is -0.327. The van der Waals surface area contributed by atoms with E-state index in [1.165, 1.54) is 5.56 Å². The highest BCUT2D eigenvalue weighted by Crippen LogP contribution is 2.20. The Labute approximate surface area is 86.0 Å². The standard InChI is InChI=1S/C12H19NO/c1-4-10-5-7-11(8-6-10)12(2,9-14)13-3/h5-8,13-14H,4,9H2,1-3H3. The van der Waals surface area contributed by atoms with E-state index in [-0.39, 0.29) is 12.1 Å². The van der Waals surface area contributed by atoms with E-state index in [2.05, 4.69) is 36.5 Å². The van der Waals surface area contributed by atoms with Gasteiger partial charge in [-0.25, -0.2) is 0 Å². The molecule has 0 aliphatic heterocycles. The van der Waals surface area contributed by atoms with Crippen LogP contribution >= 0.6 is 0 Å². The van der Waals surface area contributed by atoms with Crippen molar-refractivity contribution in [3.8, 4) is 0 Å². The molecule has 1 rings (SSSR count). The van der Waals surface area contributed by atoms with E-state index in [0.29, 0.717) is 0 Å². The SMILES string of the molecule is CCc1ccc(C(C)(CO)NC)cc1. The highest BCUT2D eigenvalue weighted by molar-refractivity contribution is 5.28. The molecule has 78 valence electrons. The summed E-state index contributed by atoms with van der Waals surface area (Å²) in [5, 5.41) is 12.4. The van der Waals surface area contributed by atoms with Crippen molar-refractivity contribution in [3.05, 3.63) is 35.4 Å². The molecule has 2 nitrogen and oxygen atoms in total. The number of aliphatic hydroxyl groups excluding tert-OH is 1. The summed E-state index contributed by atoms with van der Waals surface area (Å²) in [7, 11) is 1.87. The van der Waals surface area contributed by atoms with Crippen molar-refractivity contribution in [2.24, 2.45) is 0 Å². The number of hydrogen-bond donors (Lipinski definition) is 2. The van der Waals surface area contributed by atoms with Gasteiger partial charge in [0.25, 0.3) is 0 Å². The first-order valence-electron chi connectivity index (χ1n) is 5.05. The van der Waals surface area contributed by atoms with Crippen LogP contribution in [-0.4, -0.2) is 18.8 Å². The molecule has 0 aliphatic carbocycles. The van der Waals surface area contributed by atoms with Gasteiger partial charge in [0.05, 0.1) is 12.1 Å². The molecular weight excluding hydrogens is 174 g/mol.